The third kappa shape index (κ3) is 3.88. The summed E-state index contributed by atoms with van der Waals surface area (Å²) in [5.41, 5.74) is 0. The van der Waals surface area contributed by atoms with Gasteiger partial charge in [-0.3, -0.25) is 14.4 Å². The van der Waals surface area contributed by atoms with Crippen molar-refractivity contribution in [1.29, 1.82) is 0 Å². The Bertz CT molecular complexity index is 779. The maximum absolute atomic E-state index is 13.0. The van der Waals surface area contributed by atoms with Gasteiger partial charge in [0.15, 0.2) is 9.84 Å². The Balaban J connectivity index is 2.21. The molecule has 166 valence electrons. The van der Waals surface area contributed by atoms with Gasteiger partial charge in [-0.15, -0.1) is 0 Å². The van der Waals surface area contributed by atoms with Crippen LogP contribution in [0.4, 0.5) is 0 Å². The fourth-order valence-corrected chi connectivity index (χ4v) is 6.08. The summed E-state index contributed by atoms with van der Waals surface area (Å²) >= 11 is 0. The summed E-state index contributed by atoms with van der Waals surface area (Å²) < 4.78 is 24.0. The van der Waals surface area contributed by atoms with Gasteiger partial charge in [0.2, 0.25) is 17.7 Å². The monoisotopic (exact) mass is 431 g/mol. The number of nitrogens with one attached hydrogen (secondary N) is 2. The largest absolute Gasteiger partial charge is 0.394 e. The molecule has 0 bridgehead atoms. The number of amides is 3. The molecule has 0 aromatic carbocycles. The second kappa shape index (κ2) is 8.22. The average Bonchev–Trinajstić information content (AvgIpc) is 2.76. The summed E-state index contributed by atoms with van der Waals surface area (Å²) in [6.45, 7) is 10.0. The van der Waals surface area contributed by atoms with E-state index in [0.717, 1.165) is 11.3 Å². The van der Waals surface area contributed by atoms with Gasteiger partial charge in [-0.2, -0.15) is 0 Å². The van der Waals surface area contributed by atoms with Crippen LogP contribution in [0.2, 0.25) is 0 Å². The second-order valence-corrected chi connectivity index (χ2v) is 11.6. The minimum Gasteiger partial charge on any atom is -0.394 e. The van der Waals surface area contributed by atoms with Crippen LogP contribution >= 0.6 is 0 Å². The number of carbonyl (C=O) groups is 3. The summed E-state index contributed by atoms with van der Waals surface area (Å²) in [5, 5.41) is 14.0. The van der Waals surface area contributed by atoms with Crippen LogP contribution in [0.3, 0.4) is 0 Å². The van der Waals surface area contributed by atoms with Crippen molar-refractivity contribution in [3.8, 4) is 0 Å². The van der Waals surface area contributed by atoms with E-state index >= 15 is 0 Å². The van der Waals surface area contributed by atoms with Crippen molar-refractivity contribution < 1.29 is 27.9 Å². The lowest BCUT2D eigenvalue weighted by Crippen LogP contribution is -2.62. The van der Waals surface area contributed by atoms with E-state index in [1.807, 2.05) is 13.8 Å². The number of fused-ring (bicyclic) bond motifs is 1. The van der Waals surface area contributed by atoms with Crippen LogP contribution in [0, 0.1) is 11.8 Å². The third-order valence-corrected chi connectivity index (χ3v) is 9.13. The standard InChI is InChI=1S/C19H33N3O6S/c1-7-11(4)12(9-23)20-17(25)15(10(2)3)21-18(26)16-19(5,6)29(27,28)14-8-13(24)22(14)16/h10-12,14-16,23H,7-9H2,1-6H3,(H,20,25)(H,21,26). The van der Waals surface area contributed by atoms with Gasteiger partial charge in [-0.1, -0.05) is 34.1 Å². The predicted octanol–water partition coefficient (Wildman–Crippen LogP) is -0.216. The number of hydrogen-bond donors (Lipinski definition) is 3. The summed E-state index contributed by atoms with van der Waals surface area (Å²) in [5.74, 6) is -1.72. The van der Waals surface area contributed by atoms with E-state index in [4.69, 9.17) is 0 Å². The van der Waals surface area contributed by atoms with Crippen LogP contribution in [0.1, 0.15) is 54.4 Å². The molecule has 3 N–H and O–H groups in total. The molecule has 0 spiro atoms. The smallest absolute Gasteiger partial charge is 0.245 e. The van der Waals surface area contributed by atoms with Crippen LogP contribution in [0.15, 0.2) is 0 Å². The van der Waals surface area contributed by atoms with Crippen LogP contribution < -0.4 is 10.6 Å². The van der Waals surface area contributed by atoms with Crippen LogP contribution in [0.5, 0.6) is 0 Å². The lowest BCUT2D eigenvalue weighted by Gasteiger charge is -2.37. The first-order valence-electron chi connectivity index (χ1n) is 10.1. The molecular formula is C19H33N3O6S. The highest BCUT2D eigenvalue weighted by Crippen LogP contribution is 2.45. The van der Waals surface area contributed by atoms with Gasteiger partial charge in [-0.05, 0) is 25.7 Å². The van der Waals surface area contributed by atoms with Crippen molar-refractivity contribution in [1.82, 2.24) is 15.5 Å². The Labute approximate surface area is 172 Å². The van der Waals surface area contributed by atoms with Gasteiger partial charge < -0.3 is 20.6 Å². The molecule has 5 unspecified atom stereocenters. The molecule has 2 saturated heterocycles. The number of carbonyl (C=O) groups excluding carboxylic acids is 3. The maximum Gasteiger partial charge on any atom is 0.245 e. The van der Waals surface area contributed by atoms with Crippen molar-refractivity contribution in [3.05, 3.63) is 0 Å². The summed E-state index contributed by atoms with van der Waals surface area (Å²) in [6, 6.07) is -2.55. The number of hydrogen-bond acceptors (Lipinski definition) is 6. The van der Waals surface area contributed by atoms with Gasteiger partial charge >= 0.3 is 0 Å². The van der Waals surface area contributed by atoms with E-state index in [-0.39, 0.29) is 30.8 Å². The summed E-state index contributed by atoms with van der Waals surface area (Å²) in [7, 11) is -3.70. The van der Waals surface area contributed by atoms with Crippen molar-refractivity contribution >= 4 is 27.6 Å². The van der Waals surface area contributed by atoms with E-state index in [1.165, 1.54) is 13.8 Å². The number of β-lactam (4-membered cyclic amide) rings is 1. The Morgan fingerprint density at radius 3 is 2.28 bits per heavy atom. The van der Waals surface area contributed by atoms with Crippen LogP contribution in [-0.4, -0.2) is 71.0 Å². The lowest BCUT2D eigenvalue weighted by atomic mass is 9.95. The zero-order chi connectivity index (χ0) is 22.3. The van der Waals surface area contributed by atoms with Gasteiger partial charge in [0.1, 0.15) is 17.5 Å². The van der Waals surface area contributed by atoms with Crippen molar-refractivity contribution in [3.63, 3.8) is 0 Å². The zero-order valence-electron chi connectivity index (χ0n) is 17.9. The van der Waals surface area contributed by atoms with Gasteiger partial charge in [0, 0.05) is 0 Å². The Morgan fingerprint density at radius 1 is 1.24 bits per heavy atom. The molecule has 0 aromatic rings. The highest BCUT2D eigenvalue weighted by molar-refractivity contribution is 7.93. The van der Waals surface area contributed by atoms with Crippen LogP contribution in [-0.2, 0) is 24.2 Å². The molecule has 2 fully saturated rings. The second-order valence-electron chi connectivity index (χ2n) is 8.92. The molecule has 2 aliphatic heterocycles. The number of rotatable bonds is 8. The summed E-state index contributed by atoms with van der Waals surface area (Å²) in [6.07, 6.45) is 0.646. The van der Waals surface area contributed by atoms with E-state index in [0.29, 0.717) is 0 Å². The first-order valence-corrected chi connectivity index (χ1v) is 11.6. The number of aliphatic hydroxyl groups is 1. The highest BCUT2D eigenvalue weighted by Gasteiger charge is 2.67. The van der Waals surface area contributed by atoms with Crippen LogP contribution in [0.25, 0.3) is 0 Å². The van der Waals surface area contributed by atoms with Gasteiger partial charge in [0.05, 0.1) is 23.8 Å². The minimum atomic E-state index is -3.70. The number of sulfone groups is 1. The topological polar surface area (TPSA) is 133 Å². The lowest BCUT2D eigenvalue weighted by molar-refractivity contribution is -0.150. The molecule has 3 amide bonds. The molecule has 0 radical (unpaired) electrons. The van der Waals surface area contributed by atoms with E-state index in [9.17, 15) is 27.9 Å². The SMILES string of the molecule is CCC(C)C(CO)NC(=O)C(NC(=O)C1N2C(=O)CC2S(=O)(=O)C1(C)C)C(C)C. The molecule has 2 aliphatic rings. The fraction of sp³-hybridized carbons (Fsp3) is 0.842. The molecule has 10 heteroatoms. The highest BCUT2D eigenvalue weighted by atomic mass is 32.2. The summed E-state index contributed by atoms with van der Waals surface area (Å²) in [4.78, 5) is 39.0. The predicted molar refractivity (Wildman–Crippen MR) is 107 cm³/mol. The quantitative estimate of drug-likeness (QED) is 0.455. The maximum atomic E-state index is 13.0. The van der Waals surface area contributed by atoms with Crippen molar-refractivity contribution in [2.45, 2.75) is 82.6 Å². The van der Waals surface area contributed by atoms with E-state index < -0.39 is 49.9 Å². The fourth-order valence-electron chi connectivity index (χ4n) is 3.95. The van der Waals surface area contributed by atoms with Crippen molar-refractivity contribution in [2.75, 3.05) is 6.61 Å². The minimum absolute atomic E-state index is 0.0471. The Morgan fingerprint density at radius 2 is 1.83 bits per heavy atom. The van der Waals surface area contributed by atoms with Crippen molar-refractivity contribution in [2.24, 2.45) is 11.8 Å². The molecule has 2 rings (SSSR count). The van der Waals surface area contributed by atoms with E-state index in [2.05, 4.69) is 10.6 Å². The molecular weight excluding hydrogens is 398 g/mol. The number of aliphatic hydroxyl groups excluding tert-OH is 1. The molecule has 2 heterocycles. The normalized spacial score (nSPS) is 27.6. The first-order chi connectivity index (χ1) is 13.3. The van der Waals surface area contributed by atoms with Gasteiger partial charge in [-0.25, -0.2) is 8.42 Å². The van der Waals surface area contributed by atoms with E-state index in [1.54, 1.807) is 13.8 Å². The molecule has 29 heavy (non-hydrogen) atoms. The number of nitrogens with zero attached hydrogens (tertiary/aromatic N) is 1. The van der Waals surface area contributed by atoms with Gasteiger partial charge in [0.25, 0.3) is 0 Å². The molecule has 0 aromatic heterocycles. The Hall–Kier alpha value is -1.68. The average molecular weight is 432 g/mol. The molecule has 9 nitrogen and oxygen atoms in total. The third-order valence-electron chi connectivity index (χ3n) is 6.33. The molecule has 0 aliphatic carbocycles. The zero-order valence-corrected chi connectivity index (χ0v) is 18.7. The molecule has 0 saturated carbocycles. The first kappa shape index (κ1) is 23.6. The molecule has 5 atom stereocenters. The Kier molecular flexibility index (Phi) is 6.69.